The van der Waals surface area contributed by atoms with Crippen molar-refractivity contribution in [3.8, 4) is 0 Å². The standard InChI is InChI=1S/C7H11N3O2S/c1-3-13(11,12)10-7-5-8-6(2)4-9-7/h4-5H,3H2,1-2H3,(H,9,10). The fourth-order valence-corrected chi connectivity index (χ4v) is 1.25. The molecule has 0 saturated heterocycles. The lowest BCUT2D eigenvalue weighted by atomic mass is 10.5. The van der Waals surface area contributed by atoms with Crippen LogP contribution in [0.1, 0.15) is 12.6 Å². The lowest BCUT2D eigenvalue weighted by Crippen LogP contribution is -2.15. The van der Waals surface area contributed by atoms with E-state index in [2.05, 4.69) is 14.7 Å². The van der Waals surface area contributed by atoms with Crippen LogP contribution < -0.4 is 4.72 Å². The van der Waals surface area contributed by atoms with Gasteiger partial charge in [-0.3, -0.25) is 9.71 Å². The summed E-state index contributed by atoms with van der Waals surface area (Å²) in [5, 5.41) is 0. The highest BCUT2D eigenvalue weighted by Gasteiger charge is 2.06. The van der Waals surface area contributed by atoms with E-state index >= 15 is 0 Å². The van der Waals surface area contributed by atoms with Crippen molar-refractivity contribution >= 4 is 15.8 Å². The highest BCUT2D eigenvalue weighted by atomic mass is 32.2. The third-order valence-corrected chi connectivity index (χ3v) is 2.70. The van der Waals surface area contributed by atoms with Crippen molar-refractivity contribution in [2.24, 2.45) is 0 Å². The number of nitrogens with one attached hydrogen (secondary N) is 1. The lowest BCUT2D eigenvalue weighted by molar-refractivity contribution is 0.602. The molecule has 0 spiro atoms. The topological polar surface area (TPSA) is 72.0 Å². The van der Waals surface area contributed by atoms with Crippen LogP contribution in [0.4, 0.5) is 5.82 Å². The third kappa shape index (κ3) is 2.98. The summed E-state index contributed by atoms with van der Waals surface area (Å²) in [5.41, 5.74) is 0.749. The highest BCUT2D eigenvalue weighted by molar-refractivity contribution is 7.92. The molecule has 0 radical (unpaired) electrons. The van der Waals surface area contributed by atoms with Gasteiger partial charge in [0.15, 0.2) is 5.82 Å². The van der Waals surface area contributed by atoms with E-state index in [1.54, 1.807) is 13.8 Å². The Morgan fingerprint density at radius 1 is 1.38 bits per heavy atom. The number of aromatic nitrogens is 2. The number of hydrogen-bond donors (Lipinski definition) is 1. The van der Waals surface area contributed by atoms with Gasteiger partial charge < -0.3 is 0 Å². The minimum absolute atomic E-state index is 0.0303. The molecule has 72 valence electrons. The van der Waals surface area contributed by atoms with E-state index in [4.69, 9.17) is 0 Å². The van der Waals surface area contributed by atoms with Gasteiger partial charge in [-0.2, -0.15) is 0 Å². The quantitative estimate of drug-likeness (QED) is 0.775. The van der Waals surface area contributed by atoms with Gasteiger partial charge in [0.1, 0.15) is 0 Å². The number of rotatable bonds is 3. The van der Waals surface area contributed by atoms with Crippen LogP contribution in [0.2, 0.25) is 0 Å². The van der Waals surface area contributed by atoms with Gasteiger partial charge in [-0.15, -0.1) is 0 Å². The molecule has 1 N–H and O–H groups in total. The summed E-state index contributed by atoms with van der Waals surface area (Å²) in [6.07, 6.45) is 2.90. The number of aryl methyl sites for hydroxylation is 1. The molecule has 0 bridgehead atoms. The van der Waals surface area contributed by atoms with Crippen LogP contribution >= 0.6 is 0 Å². The summed E-state index contributed by atoms with van der Waals surface area (Å²) in [7, 11) is -3.24. The second-order valence-corrected chi connectivity index (χ2v) is 4.56. The first-order valence-electron chi connectivity index (χ1n) is 3.82. The smallest absolute Gasteiger partial charge is 0.233 e. The molecule has 0 aliphatic heterocycles. The van der Waals surface area contributed by atoms with E-state index in [0.717, 1.165) is 5.69 Å². The summed E-state index contributed by atoms with van der Waals surface area (Å²) >= 11 is 0. The van der Waals surface area contributed by atoms with Crippen molar-refractivity contribution in [3.63, 3.8) is 0 Å². The van der Waals surface area contributed by atoms with Crippen molar-refractivity contribution in [3.05, 3.63) is 18.1 Å². The van der Waals surface area contributed by atoms with Gasteiger partial charge >= 0.3 is 0 Å². The molecule has 5 nitrogen and oxygen atoms in total. The number of anilines is 1. The predicted molar refractivity (Wildman–Crippen MR) is 49.9 cm³/mol. The molecule has 0 aliphatic carbocycles. The summed E-state index contributed by atoms with van der Waals surface area (Å²) in [6, 6.07) is 0. The zero-order valence-electron chi connectivity index (χ0n) is 7.48. The molecule has 0 aliphatic rings. The molecule has 0 saturated carbocycles. The van der Waals surface area contributed by atoms with Crippen LogP contribution in [-0.2, 0) is 10.0 Å². The Morgan fingerprint density at radius 2 is 2.08 bits per heavy atom. The average Bonchev–Trinajstić information content (AvgIpc) is 2.09. The average molecular weight is 201 g/mol. The largest absolute Gasteiger partial charge is 0.266 e. The van der Waals surface area contributed by atoms with Gasteiger partial charge in [0.2, 0.25) is 10.0 Å². The van der Waals surface area contributed by atoms with Gasteiger partial charge in [-0.25, -0.2) is 13.4 Å². The van der Waals surface area contributed by atoms with Crippen molar-refractivity contribution < 1.29 is 8.42 Å². The van der Waals surface area contributed by atoms with Gasteiger partial charge in [0.25, 0.3) is 0 Å². The zero-order chi connectivity index (χ0) is 9.90. The molecular formula is C7H11N3O2S. The molecule has 0 atom stereocenters. The van der Waals surface area contributed by atoms with Crippen LogP contribution in [0.15, 0.2) is 12.4 Å². The highest BCUT2D eigenvalue weighted by Crippen LogP contribution is 2.02. The maximum atomic E-state index is 11.1. The number of nitrogens with zero attached hydrogens (tertiary/aromatic N) is 2. The Balaban J connectivity index is 2.82. The molecule has 0 aromatic carbocycles. The number of hydrogen-bond acceptors (Lipinski definition) is 4. The second-order valence-electron chi connectivity index (χ2n) is 2.55. The Morgan fingerprint density at radius 3 is 2.54 bits per heavy atom. The van der Waals surface area contributed by atoms with Gasteiger partial charge in [0, 0.05) is 0 Å². The summed E-state index contributed by atoms with van der Waals surface area (Å²) in [5.74, 6) is 0.287. The minimum Gasteiger partial charge on any atom is -0.266 e. The summed E-state index contributed by atoms with van der Waals surface area (Å²) < 4.78 is 24.4. The van der Waals surface area contributed by atoms with Crippen LogP contribution in [0, 0.1) is 6.92 Å². The SMILES string of the molecule is CCS(=O)(=O)Nc1cnc(C)cn1. The fraction of sp³-hybridized carbons (Fsp3) is 0.429. The Hall–Kier alpha value is -1.17. The van der Waals surface area contributed by atoms with Crippen LogP contribution in [-0.4, -0.2) is 24.1 Å². The molecule has 1 aromatic heterocycles. The van der Waals surface area contributed by atoms with E-state index in [9.17, 15) is 8.42 Å². The molecule has 0 fully saturated rings. The Labute approximate surface area is 77.3 Å². The maximum Gasteiger partial charge on any atom is 0.233 e. The normalized spacial score (nSPS) is 11.2. The molecule has 6 heteroatoms. The van der Waals surface area contributed by atoms with E-state index in [1.807, 2.05) is 0 Å². The van der Waals surface area contributed by atoms with Crippen molar-refractivity contribution in [2.75, 3.05) is 10.5 Å². The molecule has 1 rings (SSSR count). The first-order chi connectivity index (χ1) is 6.03. The first-order valence-corrected chi connectivity index (χ1v) is 5.48. The van der Waals surface area contributed by atoms with Crippen LogP contribution in [0.25, 0.3) is 0 Å². The van der Waals surface area contributed by atoms with E-state index in [-0.39, 0.29) is 11.6 Å². The molecular weight excluding hydrogens is 190 g/mol. The summed E-state index contributed by atoms with van der Waals surface area (Å²) in [4.78, 5) is 7.77. The number of sulfonamides is 1. The Kier molecular flexibility index (Phi) is 2.82. The summed E-state index contributed by atoms with van der Waals surface area (Å²) in [6.45, 7) is 3.34. The van der Waals surface area contributed by atoms with Crippen molar-refractivity contribution in [1.82, 2.24) is 9.97 Å². The van der Waals surface area contributed by atoms with Gasteiger partial charge in [0.05, 0.1) is 23.8 Å². The van der Waals surface area contributed by atoms with E-state index < -0.39 is 10.0 Å². The molecule has 0 amide bonds. The molecule has 0 unspecified atom stereocenters. The second kappa shape index (κ2) is 3.69. The third-order valence-electron chi connectivity index (χ3n) is 1.42. The van der Waals surface area contributed by atoms with Crippen LogP contribution in [0.5, 0.6) is 0 Å². The van der Waals surface area contributed by atoms with E-state index in [0.29, 0.717) is 0 Å². The van der Waals surface area contributed by atoms with Crippen LogP contribution in [0.3, 0.4) is 0 Å². The minimum atomic E-state index is -3.24. The molecule has 13 heavy (non-hydrogen) atoms. The van der Waals surface area contributed by atoms with Crippen molar-refractivity contribution in [1.29, 1.82) is 0 Å². The van der Waals surface area contributed by atoms with E-state index in [1.165, 1.54) is 12.4 Å². The first kappa shape index (κ1) is 9.91. The predicted octanol–water partition coefficient (Wildman–Crippen LogP) is 0.547. The van der Waals surface area contributed by atoms with Crippen molar-refractivity contribution in [2.45, 2.75) is 13.8 Å². The maximum absolute atomic E-state index is 11.1. The zero-order valence-corrected chi connectivity index (χ0v) is 8.30. The Bertz CT molecular complexity index is 371. The molecule has 1 heterocycles. The van der Waals surface area contributed by atoms with Gasteiger partial charge in [-0.05, 0) is 13.8 Å². The molecule has 1 aromatic rings. The fourth-order valence-electron chi connectivity index (χ4n) is 0.677. The van der Waals surface area contributed by atoms with Gasteiger partial charge in [-0.1, -0.05) is 0 Å². The lowest BCUT2D eigenvalue weighted by Gasteiger charge is -2.03. The monoisotopic (exact) mass is 201 g/mol.